The molecule has 1 fully saturated rings. The quantitative estimate of drug-likeness (QED) is 0.635. The zero-order valence-electron chi connectivity index (χ0n) is 12.0. The fourth-order valence-electron chi connectivity index (χ4n) is 2.68. The molecule has 0 saturated heterocycles. The Labute approximate surface area is 119 Å². The molecule has 0 bridgehead atoms. The first kappa shape index (κ1) is 16.5. The number of carbonyl (C=O) groups excluding carboxylic acids is 2. The van der Waals surface area contributed by atoms with Gasteiger partial charge in [0.15, 0.2) is 0 Å². The van der Waals surface area contributed by atoms with Crippen LogP contribution in [-0.2, 0) is 14.4 Å². The molecule has 1 saturated carbocycles. The first-order chi connectivity index (χ1) is 9.50. The second-order valence-corrected chi connectivity index (χ2v) is 5.45. The first-order valence-corrected chi connectivity index (χ1v) is 7.21. The summed E-state index contributed by atoms with van der Waals surface area (Å²) < 4.78 is 0. The Bertz CT molecular complexity index is 360. The predicted molar refractivity (Wildman–Crippen MR) is 74.1 cm³/mol. The average Bonchev–Trinajstić information content (AvgIpc) is 2.65. The van der Waals surface area contributed by atoms with Crippen molar-refractivity contribution in [2.45, 2.75) is 51.4 Å². The number of carbonyl (C=O) groups is 3. The Morgan fingerprint density at radius 2 is 1.65 bits per heavy atom. The van der Waals surface area contributed by atoms with Gasteiger partial charge >= 0.3 is 5.97 Å². The van der Waals surface area contributed by atoms with Gasteiger partial charge in [-0.05, 0) is 12.8 Å². The second kappa shape index (κ2) is 7.87. The fourth-order valence-corrected chi connectivity index (χ4v) is 2.68. The van der Waals surface area contributed by atoms with Gasteiger partial charge in [0.25, 0.3) is 0 Å². The minimum absolute atomic E-state index is 0.01000. The van der Waals surface area contributed by atoms with E-state index in [9.17, 15) is 19.5 Å². The van der Waals surface area contributed by atoms with Gasteiger partial charge in [-0.25, -0.2) is 0 Å². The van der Waals surface area contributed by atoms with Gasteiger partial charge in [0.2, 0.25) is 11.8 Å². The molecule has 0 aromatic heterocycles. The lowest BCUT2D eigenvalue weighted by molar-refractivity contribution is -0.153. The summed E-state index contributed by atoms with van der Waals surface area (Å²) >= 11 is 0. The van der Waals surface area contributed by atoms with Crippen LogP contribution < -0.4 is 10.6 Å². The van der Waals surface area contributed by atoms with Gasteiger partial charge in [-0.2, -0.15) is 0 Å². The van der Waals surface area contributed by atoms with Gasteiger partial charge in [-0.1, -0.05) is 25.7 Å². The van der Waals surface area contributed by atoms with Crippen LogP contribution in [0.1, 0.15) is 51.4 Å². The topological polar surface area (TPSA) is 95.5 Å². The van der Waals surface area contributed by atoms with E-state index in [1.807, 2.05) is 0 Å². The predicted octanol–water partition coefficient (Wildman–Crippen LogP) is 1.05. The molecule has 0 radical (unpaired) electrons. The minimum Gasteiger partial charge on any atom is -0.481 e. The lowest BCUT2D eigenvalue weighted by atomic mass is 9.77. The highest BCUT2D eigenvalue weighted by atomic mass is 16.4. The highest BCUT2D eigenvalue weighted by molar-refractivity contribution is 5.85. The monoisotopic (exact) mass is 284 g/mol. The van der Waals surface area contributed by atoms with Gasteiger partial charge in [-0.3, -0.25) is 14.4 Å². The molecule has 1 rings (SSSR count). The fraction of sp³-hybridized carbons (Fsp3) is 0.786. The van der Waals surface area contributed by atoms with E-state index in [2.05, 4.69) is 10.6 Å². The normalized spacial score (nSPS) is 17.9. The first-order valence-electron chi connectivity index (χ1n) is 7.21. The SMILES string of the molecule is CNC(=O)CCNC(=O)CC1(C(=O)O)CCCCCC1. The molecule has 114 valence electrons. The van der Waals surface area contributed by atoms with Gasteiger partial charge in [0.05, 0.1) is 5.41 Å². The summed E-state index contributed by atoms with van der Waals surface area (Å²) in [5.41, 5.74) is -0.923. The van der Waals surface area contributed by atoms with Crippen molar-refractivity contribution in [2.24, 2.45) is 5.41 Å². The van der Waals surface area contributed by atoms with Crippen LogP contribution >= 0.6 is 0 Å². The third-order valence-corrected chi connectivity index (χ3v) is 3.97. The molecular formula is C14H24N2O4. The van der Waals surface area contributed by atoms with E-state index in [1.54, 1.807) is 0 Å². The molecule has 0 aromatic rings. The molecule has 0 atom stereocenters. The molecular weight excluding hydrogens is 260 g/mol. The van der Waals surface area contributed by atoms with E-state index in [0.29, 0.717) is 12.8 Å². The van der Waals surface area contributed by atoms with E-state index < -0.39 is 11.4 Å². The zero-order chi connectivity index (χ0) is 15.0. The maximum atomic E-state index is 11.9. The van der Waals surface area contributed by atoms with Gasteiger partial charge in [0, 0.05) is 26.4 Å². The van der Waals surface area contributed by atoms with Crippen LogP contribution in [0.4, 0.5) is 0 Å². The van der Waals surface area contributed by atoms with Crippen LogP contribution in [-0.4, -0.2) is 36.5 Å². The van der Waals surface area contributed by atoms with Crippen molar-refractivity contribution in [1.29, 1.82) is 0 Å². The maximum Gasteiger partial charge on any atom is 0.310 e. The number of hydrogen-bond donors (Lipinski definition) is 3. The molecule has 1 aliphatic carbocycles. The van der Waals surface area contributed by atoms with E-state index in [0.717, 1.165) is 25.7 Å². The van der Waals surface area contributed by atoms with E-state index in [-0.39, 0.29) is 31.2 Å². The Hall–Kier alpha value is -1.59. The summed E-state index contributed by atoms with van der Waals surface area (Å²) in [4.78, 5) is 34.5. The third kappa shape index (κ3) is 4.83. The van der Waals surface area contributed by atoms with Crippen molar-refractivity contribution >= 4 is 17.8 Å². The van der Waals surface area contributed by atoms with Crippen molar-refractivity contribution in [1.82, 2.24) is 10.6 Å². The van der Waals surface area contributed by atoms with E-state index in [1.165, 1.54) is 7.05 Å². The van der Waals surface area contributed by atoms with E-state index >= 15 is 0 Å². The Balaban J connectivity index is 2.50. The molecule has 2 amide bonds. The molecule has 1 aliphatic rings. The van der Waals surface area contributed by atoms with Gasteiger partial charge in [0.1, 0.15) is 0 Å². The summed E-state index contributed by atoms with van der Waals surface area (Å²) in [6.45, 7) is 0.244. The van der Waals surface area contributed by atoms with Crippen LogP contribution in [0.15, 0.2) is 0 Å². The largest absolute Gasteiger partial charge is 0.481 e. The van der Waals surface area contributed by atoms with Crippen LogP contribution in [0.2, 0.25) is 0 Å². The van der Waals surface area contributed by atoms with Crippen LogP contribution in [0.5, 0.6) is 0 Å². The van der Waals surface area contributed by atoms with Crippen molar-refractivity contribution in [3.8, 4) is 0 Å². The number of hydrogen-bond acceptors (Lipinski definition) is 3. The molecule has 0 aromatic carbocycles. The summed E-state index contributed by atoms with van der Waals surface area (Å²) in [6.07, 6.45) is 5.13. The second-order valence-electron chi connectivity index (χ2n) is 5.45. The maximum absolute atomic E-state index is 11.9. The Morgan fingerprint density at radius 1 is 1.05 bits per heavy atom. The average molecular weight is 284 g/mol. The van der Waals surface area contributed by atoms with Gasteiger partial charge in [-0.15, -0.1) is 0 Å². The summed E-state index contributed by atoms with van der Waals surface area (Å²) in [7, 11) is 1.54. The lowest BCUT2D eigenvalue weighted by Crippen LogP contribution is -2.38. The molecule has 0 unspecified atom stereocenters. The van der Waals surface area contributed by atoms with Crippen molar-refractivity contribution in [2.75, 3.05) is 13.6 Å². The molecule has 0 heterocycles. The number of rotatable bonds is 6. The Kier molecular flexibility index (Phi) is 6.48. The van der Waals surface area contributed by atoms with Crippen LogP contribution in [0, 0.1) is 5.41 Å². The highest BCUT2D eigenvalue weighted by Gasteiger charge is 2.40. The summed E-state index contributed by atoms with van der Waals surface area (Å²) in [5.74, 6) is -1.30. The van der Waals surface area contributed by atoms with Crippen molar-refractivity contribution in [3.63, 3.8) is 0 Å². The number of carboxylic acid groups (broad SMARTS) is 1. The van der Waals surface area contributed by atoms with Crippen LogP contribution in [0.3, 0.4) is 0 Å². The van der Waals surface area contributed by atoms with Crippen molar-refractivity contribution in [3.05, 3.63) is 0 Å². The van der Waals surface area contributed by atoms with Crippen molar-refractivity contribution < 1.29 is 19.5 Å². The number of amides is 2. The molecule has 20 heavy (non-hydrogen) atoms. The number of carboxylic acids is 1. The molecule has 6 heteroatoms. The smallest absolute Gasteiger partial charge is 0.310 e. The number of nitrogens with one attached hydrogen (secondary N) is 2. The molecule has 6 nitrogen and oxygen atoms in total. The Morgan fingerprint density at radius 3 is 2.15 bits per heavy atom. The zero-order valence-corrected chi connectivity index (χ0v) is 12.0. The summed E-state index contributed by atoms with van der Waals surface area (Å²) in [5, 5.41) is 14.6. The van der Waals surface area contributed by atoms with Gasteiger partial charge < -0.3 is 15.7 Å². The minimum atomic E-state index is -0.923. The number of aliphatic carboxylic acids is 1. The van der Waals surface area contributed by atoms with Crippen LogP contribution in [0.25, 0.3) is 0 Å². The molecule has 0 aliphatic heterocycles. The molecule has 0 spiro atoms. The summed E-state index contributed by atoms with van der Waals surface area (Å²) in [6, 6.07) is 0. The van der Waals surface area contributed by atoms with E-state index in [4.69, 9.17) is 0 Å². The standard InChI is InChI=1S/C14H24N2O4/c1-15-11(17)6-9-16-12(18)10-14(13(19)20)7-4-2-3-5-8-14/h2-10H2,1H3,(H,15,17)(H,16,18)(H,19,20). The lowest BCUT2D eigenvalue weighted by Gasteiger charge is -2.27. The third-order valence-electron chi connectivity index (χ3n) is 3.97. The molecule has 3 N–H and O–H groups in total. The highest BCUT2D eigenvalue weighted by Crippen LogP contribution is 2.38.